The zero-order chi connectivity index (χ0) is 18.8. The first-order chi connectivity index (χ1) is 12.6. The van der Waals surface area contributed by atoms with Crippen molar-refractivity contribution in [3.8, 4) is 11.5 Å². The van der Waals surface area contributed by atoms with Crippen LogP contribution in [0.2, 0.25) is 0 Å². The van der Waals surface area contributed by atoms with Gasteiger partial charge in [-0.25, -0.2) is 0 Å². The molecule has 1 amide bonds. The number of nitrogens with one attached hydrogen (secondary N) is 1. The summed E-state index contributed by atoms with van der Waals surface area (Å²) in [6.45, 7) is 7.77. The van der Waals surface area contributed by atoms with Crippen LogP contribution in [0, 0.1) is 0 Å². The molecule has 2 aromatic rings. The zero-order valence-electron chi connectivity index (χ0n) is 15.7. The highest BCUT2D eigenvalue weighted by molar-refractivity contribution is 5.92. The van der Waals surface area contributed by atoms with E-state index in [9.17, 15) is 4.79 Å². The molecule has 0 aliphatic heterocycles. The molecule has 0 atom stereocenters. The topological polar surface area (TPSA) is 56.8 Å². The summed E-state index contributed by atoms with van der Waals surface area (Å²) in [6, 6.07) is 15.1. The maximum absolute atomic E-state index is 12.2. The minimum atomic E-state index is -0.213. The van der Waals surface area contributed by atoms with Crippen molar-refractivity contribution in [3.05, 3.63) is 54.1 Å². The third kappa shape index (κ3) is 6.41. The van der Waals surface area contributed by atoms with Crippen LogP contribution in [0.25, 0.3) is 0 Å². The van der Waals surface area contributed by atoms with Gasteiger partial charge in [0.1, 0.15) is 18.1 Å². The molecule has 140 valence electrons. The average molecular weight is 357 g/mol. The first kappa shape index (κ1) is 19.8. The Hall–Kier alpha value is -2.53. The number of ether oxygens (including phenoxy) is 3. The highest BCUT2D eigenvalue weighted by atomic mass is 16.5. The Bertz CT molecular complexity index is 700. The Morgan fingerprint density at radius 2 is 1.85 bits per heavy atom. The third-order valence-electron chi connectivity index (χ3n) is 3.72. The van der Waals surface area contributed by atoms with Crippen molar-refractivity contribution in [1.82, 2.24) is 0 Å². The van der Waals surface area contributed by atoms with Gasteiger partial charge in [0.05, 0.1) is 6.61 Å². The van der Waals surface area contributed by atoms with Crippen molar-refractivity contribution in [2.24, 2.45) is 0 Å². The second-order valence-electron chi connectivity index (χ2n) is 6.10. The van der Waals surface area contributed by atoms with Crippen LogP contribution in [-0.4, -0.2) is 32.3 Å². The minimum absolute atomic E-state index is 0.0425. The molecule has 0 aliphatic rings. The predicted octanol–water partition coefficient (Wildman–Crippen LogP) is 4.24. The number of amides is 1. The molecule has 0 fully saturated rings. The van der Waals surface area contributed by atoms with Gasteiger partial charge in [0.25, 0.3) is 5.91 Å². The van der Waals surface area contributed by atoms with E-state index >= 15 is 0 Å². The molecule has 26 heavy (non-hydrogen) atoms. The van der Waals surface area contributed by atoms with Crippen molar-refractivity contribution < 1.29 is 19.0 Å². The lowest BCUT2D eigenvalue weighted by atomic mass is 10.0. The fourth-order valence-corrected chi connectivity index (χ4v) is 2.46. The summed E-state index contributed by atoms with van der Waals surface area (Å²) < 4.78 is 16.5. The first-order valence-corrected chi connectivity index (χ1v) is 8.92. The third-order valence-corrected chi connectivity index (χ3v) is 3.72. The molecule has 0 bridgehead atoms. The molecule has 5 nitrogen and oxygen atoms in total. The summed E-state index contributed by atoms with van der Waals surface area (Å²) in [4.78, 5) is 12.2. The highest BCUT2D eigenvalue weighted by Crippen LogP contribution is 2.25. The van der Waals surface area contributed by atoms with E-state index in [1.165, 1.54) is 0 Å². The summed E-state index contributed by atoms with van der Waals surface area (Å²) in [5.41, 5.74) is 1.76. The van der Waals surface area contributed by atoms with Gasteiger partial charge in [0.2, 0.25) is 0 Å². The van der Waals surface area contributed by atoms with Gasteiger partial charge in [-0.2, -0.15) is 0 Å². The first-order valence-electron chi connectivity index (χ1n) is 8.92. The molecule has 2 aromatic carbocycles. The highest BCUT2D eigenvalue weighted by Gasteiger charge is 2.09. The van der Waals surface area contributed by atoms with Gasteiger partial charge in [0, 0.05) is 18.4 Å². The van der Waals surface area contributed by atoms with E-state index in [0.717, 1.165) is 11.3 Å². The number of para-hydroxylation sites is 1. The molecule has 0 spiro atoms. The van der Waals surface area contributed by atoms with Gasteiger partial charge in [-0.3, -0.25) is 4.79 Å². The molecule has 1 N–H and O–H groups in total. The van der Waals surface area contributed by atoms with E-state index in [-0.39, 0.29) is 12.5 Å². The second-order valence-corrected chi connectivity index (χ2v) is 6.10. The van der Waals surface area contributed by atoms with Crippen molar-refractivity contribution >= 4 is 11.6 Å². The number of rotatable bonds is 10. The van der Waals surface area contributed by atoms with Crippen molar-refractivity contribution in [2.45, 2.75) is 26.7 Å². The number of benzene rings is 2. The lowest BCUT2D eigenvalue weighted by Crippen LogP contribution is -2.20. The van der Waals surface area contributed by atoms with Crippen LogP contribution in [0.15, 0.2) is 48.5 Å². The number of carbonyl (C=O) groups excluding carboxylic acids is 1. The summed E-state index contributed by atoms with van der Waals surface area (Å²) >= 11 is 0. The van der Waals surface area contributed by atoms with Gasteiger partial charge in [-0.15, -0.1) is 0 Å². The molecule has 2 rings (SSSR count). The molecule has 0 aliphatic carbocycles. The fourth-order valence-electron chi connectivity index (χ4n) is 2.46. The second kappa shape index (κ2) is 10.5. The maximum Gasteiger partial charge on any atom is 0.262 e. The summed E-state index contributed by atoms with van der Waals surface area (Å²) in [6.07, 6.45) is 0. The fraction of sp³-hybridized carbons (Fsp3) is 0.381. The SMILES string of the molecule is CCOCCOc1cccc(NC(=O)COc2ccccc2C(C)C)c1. The lowest BCUT2D eigenvalue weighted by Gasteiger charge is -2.14. The van der Waals surface area contributed by atoms with E-state index in [4.69, 9.17) is 14.2 Å². The van der Waals surface area contributed by atoms with Crippen LogP contribution >= 0.6 is 0 Å². The van der Waals surface area contributed by atoms with Crippen LogP contribution in [0.3, 0.4) is 0 Å². The summed E-state index contributed by atoms with van der Waals surface area (Å²) in [5.74, 6) is 1.55. The van der Waals surface area contributed by atoms with E-state index in [0.29, 0.717) is 37.2 Å². The van der Waals surface area contributed by atoms with Crippen molar-refractivity contribution in [2.75, 3.05) is 31.7 Å². The molecule has 0 heterocycles. The number of hydrogen-bond acceptors (Lipinski definition) is 4. The predicted molar refractivity (Wildman–Crippen MR) is 103 cm³/mol. The molecule has 0 aromatic heterocycles. The molecule has 0 radical (unpaired) electrons. The molecule has 0 unspecified atom stereocenters. The van der Waals surface area contributed by atoms with Gasteiger partial charge < -0.3 is 19.5 Å². The van der Waals surface area contributed by atoms with Crippen LogP contribution in [0.1, 0.15) is 32.3 Å². The van der Waals surface area contributed by atoms with Crippen LogP contribution in [0.4, 0.5) is 5.69 Å². The zero-order valence-corrected chi connectivity index (χ0v) is 15.7. The lowest BCUT2D eigenvalue weighted by molar-refractivity contribution is -0.118. The Morgan fingerprint density at radius 1 is 1.04 bits per heavy atom. The quantitative estimate of drug-likeness (QED) is 0.646. The molecule has 0 saturated heterocycles. The monoisotopic (exact) mass is 357 g/mol. The normalized spacial score (nSPS) is 10.6. The van der Waals surface area contributed by atoms with Crippen molar-refractivity contribution in [1.29, 1.82) is 0 Å². The van der Waals surface area contributed by atoms with Crippen LogP contribution in [0.5, 0.6) is 11.5 Å². The van der Waals surface area contributed by atoms with Crippen molar-refractivity contribution in [3.63, 3.8) is 0 Å². The van der Waals surface area contributed by atoms with Gasteiger partial charge in [-0.05, 0) is 36.6 Å². The number of hydrogen-bond donors (Lipinski definition) is 1. The van der Waals surface area contributed by atoms with Gasteiger partial charge >= 0.3 is 0 Å². The van der Waals surface area contributed by atoms with E-state index in [1.54, 1.807) is 6.07 Å². The largest absolute Gasteiger partial charge is 0.491 e. The summed E-state index contributed by atoms with van der Waals surface area (Å²) in [5, 5.41) is 2.83. The van der Waals surface area contributed by atoms with Crippen LogP contribution < -0.4 is 14.8 Å². The number of carbonyl (C=O) groups is 1. The Morgan fingerprint density at radius 3 is 2.62 bits per heavy atom. The Labute approximate surface area is 155 Å². The average Bonchev–Trinajstić information content (AvgIpc) is 2.64. The smallest absolute Gasteiger partial charge is 0.262 e. The van der Waals surface area contributed by atoms with E-state index in [2.05, 4.69) is 19.2 Å². The maximum atomic E-state index is 12.2. The standard InChI is InChI=1S/C21H27NO4/c1-4-24-12-13-25-18-9-7-8-17(14-18)22-21(23)15-26-20-11-6-5-10-19(20)16(2)3/h5-11,14,16H,4,12-13,15H2,1-3H3,(H,22,23). The minimum Gasteiger partial charge on any atom is -0.491 e. The molecular formula is C21H27NO4. The Kier molecular flexibility index (Phi) is 7.96. The molecule has 0 saturated carbocycles. The van der Waals surface area contributed by atoms with E-state index < -0.39 is 0 Å². The molecular weight excluding hydrogens is 330 g/mol. The summed E-state index contributed by atoms with van der Waals surface area (Å²) in [7, 11) is 0. The number of anilines is 1. The molecule has 5 heteroatoms. The van der Waals surface area contributed by atoms with Gasteiger partial charge in [0.15, 0.2) is 6.61 Å². The van der Waals surface area contributed by atoms with Crippen LogP contribution in [-0.2, 0) is 9.53 Å². The van der Waals surface area contributed by atoms with E-state index in [1.807, 2.05) is 49.4 Å². The Balaban J connectivity index is 1.86. The van der Waals surface area contributed by atoms with Gasteiger partial charge in [-0.1, -0.05) is 38.1 Å².